The first-order chi connectivity index (χ1) is 13.9. The van der Waals surface area contributed by atoms with E-state index in [1.807, 2.05) is 65.3 Å². The van der Waals surface area contributed by atoms with E-state index < -0.39 is 0 Å². The van der Waals surface area contributed by atoms with Gasteiger partial charge in [-0.2, -0.15) is 0 Å². The molecule has 0 saturated carbocycles. The predicted octanol–water partition coefficient (Wildman–Crippen LogP) is 4.62. The number of piperazine rings is 1. The summed E-state index contributed by atoms with van der Waals surface area (Å²) in [6, 6.07) is 15.2. The Morgan fingerprint density at radius 1 is 0.897 bits per heavy atom. The van der Waals surface area contributed by atoms with Crippen molar-refractivity contribution < 1.29 is 9.59 Å². The van der Waals surface area contributed by atoms with Crippen molar-refractivity contribution in [2.24, 2.45) is 0 Å². The van der Waals surface area contributed by atoms with Gasteiger partial charge in [0.15, 0.2) is 0 Å². The van der Waals surface area contributed by atoms with Gasteiger partial charge < -0.3 is 9.80 Å². The smallest absolute Gasteiger partial charge is 0.223 e. The average Bonchev–Trinajstić information content (AvgIpc) is 2.70. The highest BCUT2D eigenvalue weighted by molar-refractivity contribution is 6.30. The Kier molecular flexibility index (Phi) is 7.57. The van der Waals surface area contributed by atoms with E-state index in [9.17, 15) is 9.59 Å². The van der Waals surface area contributed by atoms with Crippen molar-refractivity contribution in [1.29, 1.82) is 0 Å². The minimum absolute atomic E-state index is 0.0192. The highest BCUT2D eigenvalue weighted by Gasteiger charge is 2.29. The summed E-state index contributed by atoms with van der Waals surface area (Å²) in [7, 11) is 0. The summed E-state index contributed by atoms with van der Waals surface area (Å²) < 4.78 is 0. The third-order valence-electron chi connectivity index (χ3n) is 5.33. The number of carbonyl (C=O) groups is 2. The molecule has 4 nitrogen and oxygen atoms in total. The molecule has 2 aromatic carbocycles. The summed E-state index contributed by atoms with van der Waals surface area (Å²) >= 11 is 12.0. The van der Waals surface area contributed by atoms with E-state index in [0.717, 1.165) is 11.1 Å². The molecule has 2 aromatic rings. The molecule has 1 aliphatic heterocycles. The van der Waals surface area contributed by atoms with Crippen LogP contribution in [0.1, 0.15) is 30.9 Å². The van der Waals surface area contributed by atoms with Crippen molar-refractivity contribution in [3.63, 3.8) is 0 Å². The minimum Gasteiger partial charge on any atom is -0.339 e. The van der Waals surface area contributed by atoms with Crippen LogP contribution in [0.3, 0.4) is 0 Å². The Morgan fingerprint density at radius 2 is 1.45 bits per heavy atom. The van der Waals surface area contributed by atoms with Crippen molar-refractivity contribution in [3.05, 3.63) is 69.7 Å². The maximum absolute atomic E-state index is 12.7. The third-order valence-corrected chi connectivity index (χ3v) is 5.80. The summed E-state index contributed by atoms with van der Waals surface area (Å²) in [6.07, 6.45) is 2.25. The van der Waals surface area contributed by atoms with Gasteiger partial charge in [0.05, 0.1) is 0 Å². The fraction of sp³-hybridized carbons (Fsp3) is 0.391. The molecule has 0 unspecified atom stereocenters. The van der Waals surface area contributed by atoms with Crippen LogP contribution in [-0.2, 0) is 22.4 Å². The summed E-state index contributed by atoms with van der Waals surface area (Å²) in [5.74, 6) is 0.256. The van der Waals surface area contributed by atoms with Crippen molar-refractivity contribution in [2.45, 2.75) is 38.6 Å². The summed E-state index contributed by atoms with van der Waals surface area (Å²) in [5.41, 5.74) is 2.13. The average molecular weight is 433 g/mol. The zero-order valence-corrected chi connectivity index (χ0v) is 18.1. The van der Waals surface area contributed by atoms with E-state index in [1.165, 1.54) is 0 Å². The van der Waals surface area contributed by atoms with E-state index in [1.54, 1.807) is 0 Å². The van der Waals surface area contributed by atoms with E-state index in [2.05, 4.69) is 0 Å². The summed E-state index contributed by atoms with van der Waals surface area (Å²) in [4.78, 5) is 29.0. The van der Waals surface area contributed by atoms with Crippen LogP contribution in [-0.4, -0.2) is 47.3 Å². The molecule has 1 aliphatic rings. The molecule has 6 heteroatoms. The number of hydrogen-bond donors (Lipinski definition) is 0. The first kappa shape index (κ1) is 21.7. The zero-order valence-electron chi connectivity index (χ0n) is 16.6. The molecule has 3 rings (SSSR count). The van der Waals surface area contributed by atoms with Gasteiger partial charge in [-0.05, 0) is 55.2 Å². The van der Waals surface area contributed by atoms with Crippen molar-refractivity contribution >= 4 is 35.0 Å². The molecule has 0 aliphatic carbocycles. The van der Waals surface area contributed by atoms with E-state index >= 15 is 0 Å². The van der Waals surface area contributed by atoms with Crippen molar-refractivity contribution in [1.82, 2.24) is 9.80 Å². The molecule has 1 atom stereocenters. The van der Waals surface area contributed by atoms with Crippen LogP contribution in [0.4, 0.5) is 0 Å². The Bertz CT molecular complexity index is 871. The molecule has 2 amide bonds. The normalized spacial score (nSPS) is 16.7. The molecule has 0 spiro atoms. The van der Waals surface area contributed by atoms with Crippen LogP contribution in [0.25, 0.3) is 0 Å². The monoisotopic (exact) mass is 432 g/mol. The largest absolute Gasteiger partial charge is 0.339 e. The number of hydrogen-bond acceptors (Lipinski definition) is 2. The van der Waals surface area contributed by atoms with Gasteiger partial charge in [0.1, 0.15) is 0 Å². The molecule has 29 heavy (non-hydrogen) atoms. The second kappa shape index (κ2) is 10.1. The van der Waals surface area contributed by atoms with Gasteiger partial charge in [0.2, 0.25) is 11.8 Å². The fourth-order valence-corrected chi connectivity index (χ4v) is 4.17. The summed E-state index contributed by atoms with van der Waals surface area (Å²) in [5, 5.41) is 1.38. The minimum atomic E-state index is 0.0192. The maximum atomic E-state index is 12.7. The van der Waals surface area contributed by atoms with Gasteiger partial charge in [-0.15, -0.1) is 0 Å². The molecule has 1 saturated heterocycles. The van der Waals surface area contributed by atoms with Gasteiger partial charge in [-0.1, -0.05) is 47.5 Å². The lowest BCUT2D eigenvalue weighted by Crippen LogP contribution is -2.55. The van der Waals surface area contributed by atoms with E-state index in [4.69, 9.17) is 23.2 Å². The van der Waals surface area contributed by atoms with Crippen LogP contribution in [0.5, 0.6) is 0 Å². The first-order valence-electron chi connectivity index (χ1n) is 9.98. The van der Waals surface area contributed by atoms with Gasteiger partial charge in [0.25, 0.3) is 0 Å². The highest BCUT2D eigenvalue weighted by Crippen LogP contribution is 2.17. The quantitative estimate of drug-likeness (QED) is 0.667. The zero-order chi connectivity index (χ0) is 20.8. The van der Waals surface area contributed by atoms with Crippen LogP contribution < -0.4 is 0 Å². The highest BCUT2D eigenvalue weighted by atomic mass is 35.5. The van der Waals surface area contributed by atoms with Gasteiger partial charge in [-0.25, -0.2) is 0 Å². The maximum Gasteiger partial charge on any atom is 0.223 e. The Hall–Kier alpha value is -2.04. The SMILES string of the molecule is C[C@H]1CN(C(=O)CCc2cccc(Cl)c2)CCN1C(=O)CCc1cccc(Cl)c1. The fourth-order valence-electron chi connectivity index (χ4n) is 3.74. The van der Waals surface area contributed by atoms with Gasteiger partial charge in [-0.3, -0.25) is 9.59 Å². The van der Waals surface area contributed by atoms with Gasteiger partial charge in [0, 0.05) is 48.6 Å². The molecular weight excluding hydrogens is 407 g/mol. The first-order valence-corrected chi connectivity index (χ1v) is 10.7. The Balaban J connectivity index is 1.46. The standard InChI is InChI=1S/C23H26Cl2N2O2/c1-17-16-26(22(28)10-8-18-4-2-6-20(24)14-18)12-13-27(17)23(29)11-9-19-5-3-7-21(25)15-19/h2-7,14-15,17H,8-13,16H2,1H3/t17-/m0/s1. The topological polar surface area (TPSA) is 40.6 Å². The predicted molar refractivity (Wildman–Crippen MR) is 117 cm³/mol. The molecule has 1 heterocycles. The number of amides is 2. The molecule has 0 radical (unpaired) electrons. The van der Waals surface area contributed by atoms with Crippen molar-refractivity contribution in [2.75, 3.05) is 19.6 Å². The number of halogens is 2. The van der Waals surface area contributed by atoms with Crippen molar-refractivity contribution in [3.8, 4) is 0 Å². The number of rotatable bonds is 6. The molecular formula is C23H26Cl2N2O2. The lowest BCUT2D eigenvalue weighted by atomic mass is 10.1. The molecule has 154 valence electrons. The number of benzene rings is 2. The number of aryl methyl sites for hydroxylation is 2. The van der Waals surface area contributed by atoms with Crippen LogP contribution in [0, 0.1) is 0 Å². The van der Waals surface area contributed by atoms with E-state index in [-0.39, 0.29) is 17.9 Å². The third kappa shape index (κ3) is 6.22. The number of nitrogens with zero attached hydrogens (tertiary/aromatic N) is 2. The van der Waals surface area contributed by atoms with Gasteiger partial charge >= 0.3 is 0 Å². The Labute approximate surface area is 182 Å². The lowest BCUT2D eigenvalue weighted by Gasteiger charge is -2.40. The van der Waals surface area contributed by atoms with Crippen LogP contribution in [0.15, 0.2) is 48.5 Å². The number of carbonyl (C=O) groups excluding carboxylic acids is 2. The Morgan fingerprint density at radius 3 is 1.97 bits per heavy atom. The van der Waals surface area contributed by atoms with E-state index in [0.29, 0.717) is 55.4 Å². The lowest BCUT2D eigenvalue weighted by molar-refractivity contribution is -0.142. The molecule has 0 N–H and O–H groups in total. The molecule has 0 aromatic heterocycles. The molecule has 1 fully saturated rings. The summed E-state index contributed by atoms with van der Waals surface area (Å²) in [6.45, 7) is 3.76. The van der Waals surface area contributed by atoms with Crippen LogP contribution in [0.2, 0.25) is 10.0 Å². The second-order valence-electron chi connectivity index (χ2n) is 7.54. The van der Waals surface area contributed by atoms with Crippen LogP contribution >= 0.6 is 23.2 Å². The second-order valence-corrected chi connectivity index (χ2v) is 8.41. The molecule has 0 bridgehead atoms.